The number of benzene rings is 1. The van der Waals surface area contributed by atoms with Crippen LogP contribution in [0.25, 0.3) is 0 Å². The SMILES string of the molecule is CCOC(=O)C(C)(CCO)c1ccc(C)cc1. The average Bonchev–Trinajstić information content (AvgIpc) is 2.30. The molecule has 0 aliphatic carbocycles. The van der Waals surface area contributed by atoms with E-state index in [0.29, 0.717) is 13.0 Å². The van der Waals surface area contributed by atoms with Crippen LogP contribution < -0.4 is 0 Å². The molecular formula is C14H20O3. The summed E-state index contributed by atoms with van der Waals surface area (Å²) < 4.78 is 5.09. The maximum atomic E-state index is 12.0. The smallest absolute Gasteiger partial charge is 0.316 e. The summed E-state index contributed by atoms with van der Waals surface area (Å²) >= 11 is 0. The Bertz CT molecular complexity index is 370. The van der Waals surface area contributed by atoms with Crippen LogP contribution in [0.5, 0.6) is 0 Å². The summed E-state index contributed by atoms with van der Waals surface area (Å²) in [5.41, 5.74) is 1.26. The molecule has 0 amide bonds. The van der Waals surface area contributed by atoms with Crippen molar-refractivity contribution in [2.45, 2.75) is 32.6 Å². The monoisotopic (exact) mass is 236 g/mol. The van der Waals surface area contributed by atoms with Crippen LogP contribution in [0.15, 0.2) is 24.3 Å². The van der Waals surface area contributed by atoms with E-state index in [0.717, 1.165) is 11.1 Å². The lowest BCUT2D eigenvalue weighted by Gasteiger charge is -2.27. The Labute approximate surface area is 102 Å². The van der Waals surface area contributed by atoms with E-state index in [1.807, 2.05) is 38.1 Å². The zero-order valence-electron chi connectivity index (χ0n) is 10.7. The quantitative estimate of drug-likeness (QED) is 0.797. The second-order valence-electron chi connectivity index (χ2n) is 4.39. The Morgan fingerprint density at radius 3 is 2.41 bits per heavy atom. The summed E-state index contributed by atoms with van der Waals surface area (Å²) in [4.78, 5) is 12.0. The van der Waals surface area contributed by atoms with Crippen LogP contribution in [-0.2, 0) is 14.9 Å². The van der Waals surface area contributed by atoms with Gasteiger partial charge < -0.3 is 9.84 Å². The molecule has 0 aromatic heterocycles. The molecule has 3 nitrogen and oxygen atoms in total. The number of hydrogen-bond donors (Lipinski definition) is 1. The molecule has 17 heavy (non-hydrogen) atoms. The van der Waals surface area contributed by atoms with Crippen molar-refractivity contribution in [3.05, 3.63) is 35.4 Å². The van der Waals surface area contributed by atoms with Crippen LogP contribution in [0.2, 0.25) is 0 Å². The van der Waals surface area contributed by atoms with Gasteiger partial charge >= 0.3 is 5.97 Å². The third-order valence-electron chi connectivity index (χ3n) is 3.03. The van der Waals surface area contributed by atoms with Gasteiger partial charge in [0.05, 0.1) is 12.0 Å². The predicted molar refractivity (Wildman–Crippen MR) is 66.9 cm³/mol. The Hall–Kier alpha value is -1.35. The van der Waals surface area contributed by atoms with Crippen LogP contribution in [0.3, 0.4) is 0 Å². The fourth-order valence-electron chi connectivity index (χ4n) is 1.80. The molecule has 0 spiro atoms. The normalized spacial score (nSPS) is 14.1. The first-order chi connectivity index (χ1) is 8.04. The summed E-state index contributed by atoms with van der Waals surface area (Å²) in [6.45, 7) is 5.91. The fourth-order valence-corrected chi connectivity index (χ4v) is 1.80. The largest absolute Gasteiger partial charge is 0.465 e. The molecule has 0 fully saturated rings. The highest BCUT2D eigenvalue weighted by Crippen LogP contribution is 2.29. The maximum Gasteiger partial charge on any atom is 0.316 e. The van der Waals surface area contributed by atoms with Gasteiger partial charge in [0.15, 0.2) is 0 Å². The summed E-state index contributed by atoms with van der Waals surface area (Å²) in [6, 6.07) is 7.76. The van der Waals surface area contributed by atoms with E-state index in [-0.39, 0.29) is 12.6 Å². The van der Waals surface area contributed by atoms with Gasteiger partial charge in [-0.3, -0.25) is 4.79 Å². The van der Waals surface area contributed by atoms with Gasteiger partial charge in [0.2, 0.25) is 0 Å². The molecule has 3 heteroatoms. The molecule has 0 bridgehead atoms. The molecule has 1 aromatic rings. The first-order valence-corrected chi connectivity index (χ1v) is 5.90. The van der Waals surface area contributed by atoms with Gasteiger partial charge in [-0.05, 0) is 32.8 Å². The molecule has 0 aliphatic heterocycles. The van der Waals surface area contributed by atoms with Gasteiger partial charge in [-0.1, -0.05) is 29.8 Å². The second-order valence-corrected chi connectivity index (χ2v) is 4.39. The number of ether oxygens (including phenoxy) is 1. The molecule has 1 atom stereocenters. The molecule has 0 heterocycles. The molecule has 1 rings (SSSR count). The standard InChI is InChI=1S/C14H20O3/c1-4-17-13(16)14(3,9-10-15)12-7-5-11(2)6-8-12/h5-8,15H,4,9-10H2,1-3H3. The van der Waals surface area contributed by atoms with Gasteiger partial charge in [0, 0.05) is 6.61 Å². The fraction of sp³-hybridized carbons (Fsp3) is 0.500. The van der Waals surface area contributed by atoms with Gasteiger partial charge in [0.25, 0.3) is 0 Å². The summed E-state index contributed by atoms with van der Waals surface area (Å²) in [7, 11) is 0. The Morgan fingerprint density at radius 2 is 1.94 bits per heavy atom. The summed E-state index contributed by atoms with van der Waals surface area (Å²) in [6.07, 6.45) is 0.370. The van der Waals surface area contributed by atoms with Crippen molar-refractivity contribution in [3.63, 3.8) is 0 Å². The van der Waals surface area contributed by atoms with E-state index in [1.54, 1.807) is 6.92 Å². The van der Waals surface area contributed by atoms with E-state index in [9.17, 15) is 4.79 Å². The van der Waals surface area contributed by atoms with E-state index >= 15 is 0 Å². The van der Waals surface area contributed by atoms with Crippen LogP contribution in [0.1, 0.15) is 31.4 Å². The summed E-state index contributed by atoms with van der Waals surface area (Å²) in [5.74, 6) is -0.280. The molecule has 1 unspecified atom stereocenters. The van der Waals surface area contributed by atoms with E-state index in [1.165, 1.54) is 0 Å². The van der Waals surface area contributed by atoms with E-state index in [2.05, 4.69) is 0 Å². The van der Waals surface area contributed by atoms with Gasteiger partial charge in [-0.25, -0.2) is 0 Å². The van der Waals surface area contributed by atoms with Crippen LogP contribution in [-0.4, -0.2) is 24.3 Å². The van der Waals surface area contributed by atoms with Crippen molar-refractivity contribution in [2.75, 3.05) is 13.2 Å². The highest BCUT2D eigenvalue weighted by atomic mass is 16.5. The lowest BCUT2D eigenvalue weighted by molar-refractivity contribution is -0.150. The number of rotatable bonds is 5. The molecule has 0 saturated heterocycles. The van der Waals surface area contributed by atoms with Crippen molar-refractivity contribution in [1.29, 1.82) is 0 Å². The van der Waals surface area contributed by atoms with E-state index in [4.69, 9.17) is 9.84 Å². The molecule has 0 saturated carbocycles. The van der Waals surface area contributed by atoms with Crippen LogP contribution in [0.4, 0.5) is 0 Å². The number of carbonyl (C=O) groups excluding carboxylic acids is 1. The minimum atomic E-state index is -0.765. The zero-order chi connectivity index (χ0) is 12.9. The van der Waals surface area contributed by atoms with E-state index < -0.39 is 5.41 Å². The predicted octanol–water partition coefficient (Wildman–Crippen LogP) is 2.20. The first-order valence-electron chi connectivity index (χ1n) is 5.90. The van der Waals surface area contributed by atoms with Crippen LogP contribution >= 0.6 is 0 Å². The van der Waals surface area contributed by atoms with Crippen molar-refractivity contribution in [1.82, 2.24) is 0 Å². The number of carbonyl (C=O) groups is 1. The molecular weight excluding hydrogens is 216 g/mol. The van der Waals surface area contributed by atoms with Crippen molar-refractivity contribution < 1.29 is 14.6 Å². The molecule has 1 aromatic carbocycles. The Balaban J connectivity index is 3.06. The Kier molecular flexibility index (Phi) is 4.70. The van der Waals surface area contributed by atoms with Crippen molar-refractivity contribution in [2.24, 2.45) is 0 Å². The lowest BCUT2D eigenvalue weighted by atomic mass is 9.79. The Morgan fingerprint density at radius 1 is 1.35 bits per heavy atom. The number of aryl methyl sites for hydroxylation is 1. The van der Waals surface area contributed by atoms with Crippen molar-refractivity contribution in [3.8, 4) is 0 Å². The number of aliphatic hydroxyl groups excluding tert-OH is 1. The van der Waals surface area contributed by atoms with Gasteiger partial charge in [0.1, 0.15) is 0 Å². The first kappa shape index (κ1) is 13.7. The topological polar surface area (TPSA) is 46.5 Å². The van der Waals surface area contributed by atoms with Gasteiger partial charge in [-0.15, -0.1) is 0 Å². The van der Waals surface area contributed by atoms with Crippen molar-refractivity contribution >= 4 is 5.97 Å². The average molecular weight is 236 g/mol. The number of hydrogen-bond acceptors (Lipinski definition) is 3. The third kappa shape index (κ3) is 3.07. The highest BCUT2D eigenvalue weighted by molar-refractivity contribution is 5.82. The van der Waals surface area contributed by atoms with Gasteiger partial charge in [-0.2, -0.15) is 0 Å². The number of aliphatic hydroxyl groups is 1. The molecule has 0 aliphatic rings. The zero-order valence-corrected chi connectivity index (χ0v) is 10.7. The maximum absolute atomic E-state index is 12.0. The molecule has 0 radical (unpaired) electrons. The highest BCUT2D eigenvalue weighted by Gasteiger charge is 2.36. The minimum absolute atomic E-state index is 0.0385. The van der Waals surface area contributed by atoms with Crippen LogP contribution in [0, 0.1) is 6.92 Å². The molecule has 94 valence electrons. The second kappa shape index (κ2) is 5.82. The number of esters is 1. The minimum Gasteiger partial charge on any atom is -0.465 e. The lowest BCUT2D eigenvalue weighted by Crippen LogP contribution is -2.35. The summed E-state index contributed by atoms with van der Waals surface area (Å²) in [5, 5.41) is 9.13. The third-order valence-corrected chi connectivity index (χ3v) is 3.03. The molecule has 1 N–H and O–H groups in total.